The molecule has 0 unspecified atom stereocenters. The number of amides is 2. The summed E-state index contributed by atoms with van der Waals surface area (Å²) in [6, 6.07) is 13.5. The van der Waals surface area contributed by atoms with Crippen molar-refractivity contribution in [2.24, 2.45) is 0 Å². The number of fused-ring (bicyclic) bond motifs is 1. The van der Waals surface area contributed by atoms with Gasteiger partial charge in [-0.1, -0.05) is 11.6 Å². The Bertz CT molecular complexity index is 1280. The van der Waals surface area contributed by atoms with Crippen molar-refractivity contribution in [1.29, 1.82) is 0 Å². The van der Waals surface area contributed by atoms with Crippen LogP contribution in [0.15, 0.2) is 59.0 Å². The summed E-state index contributed by atoms with van der Waals surface area (Å²) >= 11 is 5.78. The van der Waals surface area contributed by atoms with Crippen LogP contribution in [0.3, 0.4) is 0 Å². The van der Waals surface area contributed by atoms with Gasteiger partial charge in [0.2, 0.25) is 0 Å². The number of furan rings is 1. The number of nitrogens with zero attached hydrogens (tertiary/aromatic N) is 2. The molecule has 11 heteroatoms. The zero-order valence-electron chi connectivity index (χ0n) is 15.0. The SMILES string of the molecule is O=C(NNC(=O)c1ccc2nc(-c3ccc([N+](=O)[O-])o3)[nH]c2c1)c1ccc(Cl)cc1. The number of hydrazine groups is 1. The third-order valence-electron chi connectivity index (χ3n) is 4.15. The first kappa shape index (κ1) is 19.2. The van der Waals surface area contributed by atoms with Gasteiger partial charge >= 0.3 is 5.88 Å². The van der Waals surface area contributed by atoms with Crippen molar-refractivity contribution in [2.75, 3.05) is 0 Å². The molecule has 0 saturated heterocycles. The number of nitro groups is 1. The Labute approximate surface area is 173 Å². The lowest BCUT2D eigenvalue weighted by Gasteiger charge is -2.07. The van der Waals surface area contributed by atoms with Gasteiger partial charge in [0.05, 0.1) is 17.1 Å². The first-order valence-corrected chi connectivity index (χ1v) is 8.89. The van der Waals surface area contributed by atoms with E-state index in [1.165, 1.54) is 36.4 Å². The van der Waals surface area contributed by atoms with E-state index in [-0.39, 0.29) is 17.1 Å². The zero-order valence-corrected chi connectivity index (χ0v) is 15.8. The van der Waals surface area contributed by atoms with Crippen molar-refractivity contribution < 1.29 is 18.9 Å². The minimum atomic E-state index is -0.646. The fourth-order valence-electron chi connectivity index (χ4n) is 2.68. The molecule has 3 N–H and O–H groups in total. The normalized spacial score (nSPS) is 10.7. The summed E-state index contributed by atoms with van der Waals surface area (Å²) in [6.45, 7) is 0. The molecule has 0 bridgehead atoms. The summed E-state index contributed by atoms with van der Waals surface area (Å²) in [5.74, 6) is -0.957. The van der Waals surface area contributed by atoms with Crippen LogP contribution in [0.1, 0.15) is 20.7 Å². The molecule has 2 aromatic carbocycles. The second kappa shape index (κ2) is 7.68. The van der Waals surface area contributed by atoms with Crippen LogP contribution in [0.25, 0.3) is 22.6 Å². The predicted octanol–water partition coefficient (Wildman–Crippen LogP) is 3.46. The zero-order chi connectivity index (χ0) is 21.3. The van der Waals surface area contributed by atoms with Crippen LogP contribution in [-0.2, 0) is 0 Å². The number of hydrogen-bond acceptors (Lipinski definition) is 6. The fraction of sp³-hybridized carbons (Fsp3) is 0. The standard InChI is InChI=1S/C19H12ClN5O5/c20-12-4-1-10(2-5-12)18(26)23-24-19(27)11-3-6-13-14(9-11)22-17(21-13)15-7-8-16(30-15)25(28)29/h1-9H,(H,21,22)(H,23,26)(H,24,27). The van der Waals surface area contributed by atoms with Crippen molar-refractivity contribution in [3.8, 4) is 11.6 Å². The molecule has 4 aromatic rings. The average Bonchev–Trinajstić information content (AvgIpc) is 3.38. The van der Waals surface area contributed by atoms with E-state index in [1.807, 2.05) is 0 Å². The average molecular weight is 426 g/mol. The van der Waals surface area contributed by atoms with Gasteiger partial charge in [0.15, 0.2) is 11.6 Å². The predicted molar refractivity (Wildman–Crippen MR) is 107 cm³/mol. The van der Waals surface area contributed by atoms with Gasteiger partial charge in [-0.15, -0.1) is 0 Å². The van der Waals surface area contributed by atoms with Crippen LogP contribution in [-0.4, -0.2) is 26.7 Å². The van der Waals surface area contributed by atoms with Crippen LogP contribution in [0.2, 0.25) is 5.02 Å². The number of carbonyl (C=O) groups excluding carboxylic acids is 2. The number of nitrogens with one attached hydrogen (secondary N) is 3. The molecule has 0 aliphatic rings. The Hall–Kier alpha value is -4.18. The molecule has 4 rings (SSSR count). The largest absolute Gasteiger partial charge is 0.433 e. The third kappa shape index (κ3) is 3.84. The van der Waals surface area contributed by atoms with E-state index in [4.69, 9.17) is 16.0 Å². The molecule has 0 radical (unpaired) electrons. The van der Waals surface area contributed by atoms with Crippen LogP contribution >= 0.6 is 11.6 Å². The summed E-state index contributed by atoms with van der Waals surface area (Å²) in [7, 11) is 0. The number of carbonyl (C=O) groups is 2. The lowest BCUT2D eigenvalue weighted by atomic mass is 10.2. The summed E-state index contributed by atoms with van der Waals surface area (Å²) in [6.07, 6.45) is 0. The maximum absolute atomic E-state index is 12.4. The highest BCUT2D eigenvalue weighted by atomic mass is 35.5. The summed E-state index contributed by atoms with van der Waals surface area (Å²) < 4.78 is 5.12. The molecule has 0 atom stereocenters. The van der Waals surface area contributed by atoms with Crippen molar-refractivity contribution in [2.45, 2.75) is 0 Å². The van der Waals surface area contributed by atoms with E-state index in [2.05, 4.69) is 20.8 Å². The molecular formula is C19H12ClN5O5. The van der Waals surface area contributed by atoms with Gasteiger partial charge in [-0.05, 0) is 48.5 Å². The second-order valence-electron chi connectivity index (χ2n) is 6.13. The summed E-state index contributed by atoms with van der Waals surface area (Å²) in [4.78, 5) is 41.8. The molecule has 2 amide bonds. The highest BCUT2D eigenvalue weighted by Crippen LogP contribution is 2.26. The molecule has 0 spiro atoms. The lowest BCUT2D eigenvalue weighted by Crippen LogP contribution is -2.41. The Morgan fingerprint density at radius 1 is 1.00 bits per heavy atom. The molecule has 0 aliphatic heterocycles. The van der Waals surface area contributed by atoms with Gasteiger partial charge in [0.25, 0.3) is 11.8 Å². The number of hydrogen-bond donors (Lipinski definition) is 3. The number of benzene rings is 2. The van der Waals surface area contributed by atoms with Crippen molar-refractivity contribution in [3.63, 3.8) is 0 Å². The first-order chi connectivity index (χ1) is 14.4. The first-order valence-electron chi connectivity index (χ1n) is 8.51. The smallest absolute Gasteiger partial charge is 0.397 e. The van der Waals surface area contributed by atoms with Gasteiger partial charge in [-0.2, -0.15) is 0 Å². The molecular weight excluding hydrogens is 414 g/mol. The summed E-state index contributed by atoms with van der Waals surface area (Å²) in [5, 5.41) is 11.2. The minimum absolute atomic E-state index is 0.194. The maximum Gasteiger partial charge on any atom is 0.433 e. The van der Waals surface area contributed by atoms with Gasteiger partial charge < -0.3 is 9.40 Å². The van der Waals surface area contributed by atoms with Gasteiger partial charge in [0.1, 0.15) is 4.92 Å². The van der Waals surface area contributed by atoms with E-state index in [0.717, 1.165) is 0 Å². The molecule has 2 heterocycles. The highest BCUT2D eigenvalue weighted by molar-refractivity contribution is 6.30. The molecule has 2 aromatic heterocycles. The van der Waals surface area contributed by atoms with E-state index < -0.39 is 22.6 Å². The lowest BCUT2D eigenvalue weighted by molar-refractivity contribution is -0.401. The minimum Gasteiger partial charge on any atom is -0.397 e. The van der Waals surface area contributed by atoms with Crippen LogP contribution in [0.5, 0.6) is 0 Å². The highest BCUT2D eigenvalue weighted by Gasteiger charge is 2.17. The topological polar surface area (TPSA) is 143 Å². The number of imidazole rings is 1. The van der Waals surface area contributed by atoms with Gasteiger partial charge in [-0.3, -0.25) is 30.6 Å². The van der Waals surface area contributed by atoms with Gasteiger partial charge in [0, 0.05) is 16.1 Å². The Morgan fingerprint density at radius 2 is 1.67 bits per heavy atom. The Balaban J connectivity index is 1.48. The number of halogens is 1. The quantitative estimate of drug-likeness (QED) is 0.337. The molecule has 0 aliphatic carbocycles. The molecule has 150 valence electrons. The number of aromatic amines is 1. The van der Waals surface area contributed by atoms with Gasteiger partial charge in [-0.25, -0.2) is 4.98 Å². The van der Waals surface area contributed by atoms with Crippen LogP contribution in [0, 0.1) is 10.1 Å². The monoisotopic (exact) mass is 425 g/mol. The fourth-order valence-corrected chi connectivity index (χ4v) is 2.81. The van der Waals surface area contributed by atoms with E-state index in [1.54, 1.807) is 18.2 Å². The Morgan fingerprint density at radius 3 is 2.33 bits per heavy atom. The Kier molecular flexibility index (Phi) is 4.90. The van der Waals surface area contributed by atoms with E-state index >= 15 is 0 Å². The summed E-state index contributed by atoms with van der Waals surface area (Å²) in [5.41, 5.74) is 6.30. The second-order valence-corrected chi connectivity index (χ2v) is 6.56. The maximum atomic E-state index is 12.4. The van der Waals surface area contributed by atoms with Crippen LogP contribution < -0.4 is 10.9 Å². The van der Waals surface area contributed by atoms with Crippen molar-refractivity contribution in [3.05, 3.63) is 80.9 Å². The number of aromatic nitrogens is 2. The molecule has 10 nitrogen and oxygen atoms in total. The van der Waals surface area contributed by atoms with E-state index in [9.17, 15) is 19.7 Å². The van der Waals surface area contributed by atoms with E-state index in [0.29, 0.717) is 21.6 Å². The molecule has 0 fully saturated rings. The van der Waals surface area contributed by atoms with Crippen molar-refractivity contribution >= 4 is 40.3 Å². The number of H-pyrrole nitrogens is 1. The third-order valence-corrected chi connectivity index (χ3v) is 4.40. The van der Waals surface area contributed by atoms with Crippen molar-refractivity contribution in [1.82, 2.24) is 20.8 Å². The van der Waals surface area contributed by atoms with Crippen LogP contribution in [0.4, 0.5) is 5.88 Å². The molecule has 30 heavy (non-hydrogen) atoms. The number of rotatable bonds is 4. The molecule has 0 saturated carbocycles.